The first-order valence-electron chi connectivity index (χ1n) is 11.0. The van der Waals surface area contributed by atoms with Crippen LogP contribution in [-0.2, 0) is 0 Å². The van der Waals surface area contributed by atoms with Gasteiger partial charge in [-0.05, 0) is 68.9 Å². The second-order valence-electron chi connectivity index (χ2n) is 10.3. The molecule has 0 saturated heterocycles. The van der Waals surface area contributed by atoms with Crippen molar-refractivity contribution in [2.24, 2.45) is 22.7 Å². The molecular weight excluding hydrogens is 350 g/mol. The molecule has 4 aliphatic rings. The van der Waals surface area contributed by atoms with Crippen molar-refractivity contribution in [3.63, 3.8) is 0 Å². The Morgan fingerprint density at radius 2 is 1.89 bits per heavy atom. The Kier molecular flexibility index (Phi) is 4.11. The predicted molar refractivity (Wildman–Crippen MR) is 108 cm³/mol. The van der Waals surface area contributed by atoms with Crippen molar-refractivity contribution in [2.75, 3.05) is 0 Å². The van der Waals surface area contributed by atoms with Crippen LogP contribution < -0.4 is 0 Å². The van der Waals surface area contributed by atoms with Crippen molar-refractivity contribution in [3.05, 3.63) is 41.7 Å². The molecule has 4 heteroatoms. The zero-order valence-corrected chi connectivity index (χ0v) is 17.0. The number of pyridine rings is 1. The summed E-state index contributed by atoms with van der Waals surface area (Å²) in [4.78, 5) is 4.68. The van der Waals surface area contributed by atoms with Crippen molar-refractivity contribution in [3.8, 4) is 0 Å². The van der Waals surface area contributed by atoms with E-state index in [4.69, 9.17) is 0 Å². The fraction of sp³-hybridized carbons (Fsp3) is 0.708. The zero-order valence-electron chi connectivity index (χ0n) is 17.0. The molecule has 0 radical (unpaired) electrons. The Hall–Kier alpha value is -1.23. The Bertz CT molecular complexity index is 794. The minimum Gasteiger partial charge on any atom is -0.393 e. The normalized spacial score (nSPS) is 50.3. The summed E-state index contributed by atoms with van der Waals surface area (Å²) in [7, 11) is 0. The van der Waals surface area contributed by atoms with Gasteiger partial charge in [0.25, 0.3) is 0 Å². The Labute approximate surface area is 167 Å². The van der Waals surface area contributed by atoms with Crippen molar-refractivity contribution < 1.29 is 15.3 Å². The Balaban J connectivity index is 1.61. The molecule has 0 bridgehead atoms. The quantitative estimate of drug-likeness (QED) is 0.648. The van der Waals surface area contributed by atoms with Gasteiger partial charge in [-0.25, -0.2) is 0 Å². The maximum absolute atomic E-state index is 11.9. The van der Waals surface area contributed by atoms with E-state index in [0.717, 1.165) is 37.8 Å². The van der Waals surface area contributed by atoms with E-state index >= 15 is 0 Å². The van der Waals surface area contributed by atoms with Gasteiger partial charge in [-0.1, -0.05) is 31.6 Å². The third-order valence-corrected chi connectivity index (χ3v) is 9.41. The molecule has 1 heterocycles. The first kappa shape index (κ1) is 18.8. The number of hydrogen-bond acceptors (Lipinski definition) is 4. The van der Waals surface area contributed by atoms with E-state index < -0.39 is 17.1 Å². The largest absolute Gasteiger partial charge is 0.393 e. The second kappa shape index (κ2) is 6.13. The first-order valence-corrected chi connectivity index (χ1v) is 11.0. The molecule has 8 atom stereocenters. The van der Waals surface area contributed by atoms with E-state index in [9.17, 15) is 15.3 Å². The van der Waals surface area contributed by atoms with Crippen LogP contribution in [0.4, 0.5) is 0 Å². The van der Waals surface area contributed by atoms with Crippen molar-refractivity contribution in [2.45, 2.75) is 82.5 Å². The first-order chi connectivity index (χ1) is 13.3. The monoisotopic (exact) mass is 383 g/mol. The van der Waals surface area contributed by atoms with Crippen LogP contribution in [0.3, 0.4) is 0 Å². The van der Waals surface area contributed by atoms with E-state index in [1.807, 2.05) is 18.3 Å². The highest BCUT2D eigenvalue weighted by Gasteiger charge is 2.67. The van der Waals surface area contributed by atoms with Gasteiger partial charge in [0.2, 0.25) is 0 Å². The summed E-state index contributed by atoms with van der Waals surface area (Å²) in [5, 5.41) is 33.2. The average molecular weight is 384 g/mol. The number of aliphatic hydroxyl groups excluding tert-OH is 2. The van der Waals surface area contributed by atoms with Crippen LogP contribution in [0.1, 0.15) is 70.4 Å². The van der Waals surface area contributed by atoms with Gasteiger partial charge in [-0.2, -0.15) is 0 Å². The lowest BCUT2D eigenvalue weighted by atomic mass is 9.44. The van der Waals surface area contributed by atoms with Gasteiger partial charge in [0.15, 0.2) is 0 Å². The second-order valence-corrected chi connectivity index (χ2v) is 10.3. The van der Waals surface area contributed by atoms with Gasteiger partial charge in [0.1, 0.15) is 0 Å². The standard InChI is InChI=1S/C24H33NO3/c1-22-10-8-17-18(24(22,28)11-9-21(22)27)7-6-15-13-16(26)14-19(23(15,17)2)20-5-3-4-12-25-20/h3-6,12,16-19,21,26-28H,7-11,13-14H2,1-2H3/t16?,17-,18-,19?,21?,22-,23+,24-/m1/s1. The van der Waals surface area contributed by atoms with Gasteiger partial charge in [0, 0.05) is 28.6 Å². The van der Waals surface area contributed by atoms with E-state index in [1.54, 1.807) is 0 Å². The van der Waals surface area contributed by atoms with Gasteiger partial charge >= 0.3 is 0 Å². The topological polar surface area (TPSA) is 73.6 Å². The molecule has 152 valence electrons. The SMILES string of the molecule is C[C@]12C(=CC[C@@H]3[C@H]1CC[C@]1(C)C(O)CC[C@@]31O)CC(O)CC2c1ccccn1. The number of rotatable bonds is 1. The molecule has 3 unspecified atom stereocenters. The van der Waals surface area contributed by atoms with Crippen LogP contribution in [0, 0.1) is 22.7 Å². The van der Waals surface area contributed by atoms with Crippen LogP contribution in [0.5, 0.6) is 0 Å². The molecule has 4 aliphatic carbocycles. The number of fused-ring (bicyclic) bond motifs is 5. The van der Waals surface area contributed by atoms with Gasteiger partial charge in [-0.15, -0.1) is 0 Å². The van der Waals surface area contributed by atoms with Crippen LogP contribution in [-0.4, -0.2) is 38.1 Å². The highest BCUT2D eigenvalue weighted by molar-refractivity contribution is 5.34. The molecule has 5 rings (SSSR count). The van der Waals surface area contributed by atoms with Gasteiger partial charge in [0.05, 0.1) is 17.8 Å². The lowest BCUT2D eigenvalue weighted by molar-refractivity contribution is -0.190. The summed E-state index contributed by atoms with van der Waals surface area (Å²) in [6, 6.07) is 6.07. The van der Waals surface area contributed by atoms with Crippen LogP contribution in [0.25, 0.3) is 0 Å². The van der Waals surface area contributed by atoms with E-state index in [1.165, 1.54) is 5.57 Å². The highest BCUT2D eigenvalue weighted by Crippen LogP contribution is 2.68. The molecule has 0 spiro atoms. The Morgan fingerprint density at radius 1 is 1.07 bits per heavy atom. The molecule has 3 saturated carbocycles. The van der Waals surface area contributed by atoms with E-state index in [0.29, 0.717) is 18.8 Å². The minimum absolute atomic E-state index is 0.0961. The van der Waals surface area contributed by atoms with Crippen LogP contribution in [0.15, 0.2) is 36.0 Å². The highest BCUT2D eigenvalue weighted by atomic mass is 16.3. The molecule has 3 N–H and O–H groups in total. The number of aromatic nitrogens is 1. The third kappa shape index (κ3) is 2.26. The lowest BCUT2D eigenvalue weighted by Crippen LogP contribution is -2.62. The average Bonchev–Trinajstić information content (AvgIpc) is 2.93. The molecule has 28 heavy (non-hydrogen) atoms. The molecular formula is C24H33NO3. The fourth-order valence-electron chi connectivity index (χ4n) is 7.68. The number of nitrogens with zero attached hydrogens (tertiary/aromatic N) is 1. The van der Waals surface area contributed by atoms with E-state index in [2.05, 4.69) is 31.0 Å². The summed E-state index contributed by atoms with van der Waals surface area (Å²) in [5.41, 5.74) is 1.12. The molecule has 0 aliphatic heterocycles. The molecule has 4 nitrogen and oxygen atoms in total. The summed E-state index contributed by atoms with van der Waals surface area (Å²) < 4.78 is 0. The fourth-order valence-corrected chi connectivity index (χ4v) is 7.68. The summed E-state index contributed by atoms with van der Waals surface area (Å²) in [6.45, 7) is 4.46. The third-order valence-electron chi connectivity index (χ3n) is 9.41. The molecule has 0 aromatic carbocycles. The van der Waals surface area contributed by atoms with E-state index in [-0.39, 0.29) is 23.4 Å². The van der Waals surface area contributed by atoms with Crippen molar-refractivity contribution in [1.29, 1.82) is 0 Å². The van der Waals surface area contributed by atoms with Crippen LogP contribution in [0.2, 0.25) is 0 Å². The molecule has 1 aromatic heterocycles. The summed E-state index contributed by atoms with van der Waals surface area (Å²) >= 11 is 0. The van der Waals surface area contributed by atoms with Crippen LogP contribution >= 0.6 is 0 Å². The lowest BCUT2D eigenvalue weighted by Gasteiger charge is -2.62. The maximum Gasteiger partial charge on any atom is 0.0760 e. The van der Waals surface area contributed by atoms with Gasteiger partial charge < -0.3 is 15.3 Å². The zero-order chi connectivity index (χ0) is 19.7. The van der Waals surface area contributed by atoms with Gasteiger partial charge in [-0.3, -0.25) is 4.98 Å². The van der Waals surface area contributed by atoms with Crippen molar-refractivity contribution in [1.82, 2.24) is 4.98 Å². The van der Waals surface area contributed by atoms with Crippen molar-refractivity contribution >= 4 is 0 Å². The summed E-state index contributed by atoms with van der Waals surface area (Å²) in [5.74, 6) is 0.685. The molecule has 3 fully saturated rings. The Morgan fingerprint density at radius 3 is 2.64 bits per heavy atom. The predicted octanol–water partition coefficient (Wildman–Crippen LogP) is 3.57. The molecule has 0 amide bonds. The number of aliphatic hydroxyl groups is 3. The number of hydrogen-bond donors (Lipinski definition) is 3. The minimum atomic E-state index is -0.800. The smallest absolute Gasteiger partial charge is 0.0760 e. The molecule has 1 aromatic rings. The number of allylic oxidation sites excluding steroid dienone is 1. The summed E-state index contributed by atoms with van der Waals surface area (Å²) in [6.07, 6.45) is 9.04. The maximum atomic E-state index is 11.9.